The average molecular weight is 250 g/mol. The number of likely N-dealkylation sites (tertiary alicyclic amines) is 1. The molecule has 0 bridgehead atoms. The summed E-state index contributed by atoms with van der Waals surface area (Å²) in [6, 6.07) is 0.275. The first-order valence-electron chi connectivity index (χ1n) is 6.69. The zero-order valence-corrected chi connectivity index (χ0v) is 11.0. The molecule has 1 aromatic rings. The lowest BCUT2D eigenvalue weighted by Crippen LogP contribution is -2.51. The third kappa shape index (κ3) is 3.10. The van der Waals surface area contributed by atoms with Crippen molar-refractivity contribution < 1.29 is 4.79 Å². The van der Waals surface area contributed by atoms with E-state index in [1.807, 2.05) is 22.6 Å². The summed E-state index contributed by atoms with van der Waals surface area (Å²) >= 11 is 0. The summed E-state index contributed by atoms with van der Waals surface area (Å²) in [6.45, 7) is 3.54. The van der Waals surface area contributed by atoms with Crippen LogP contribution >= 0.6 is 0 Å². The molecule has 0 radical (unpaired) electrons. The van der Waals surface area contributed by atoms with Gasteiger partial charge in [-0.15, -0.1) is 0 Å². The zero-order valence-electron chi connectivity index (χ0n) is 11.0. The van der Waals surface area contributed by atoms with Gasteiger partial charge < -0.3 is 15.2 Å². The fraction of sp³-hybridized carbons (Fsp3) is 0.692. The lowest BCUT2D eigenvalue weighted by molar-refractivity contribution is -0.135. The molecule has 100 valence electrons. The molecule has 1 aromatic heterocycles. The number of amides is 1. The van der Waals surface area contributed by atoms with Crippen molar-refractivity contribution in [1.82, 2.24) is 14.5 Å². The number of hydrogen-bond acceptors (Lipinski definition) is 3. The van der Waals surface area contributed by atoms with Crippen molar-refractivity contribution in [3.05, 3.63) is 18.7 Å². The van der Waals surface area contributed by atoms with Crippen LogP contribution < -0.4 is 5.73 Å². The molecular formula is C13H22N4O. The summed E-state index contributed by atoms with van der Waals surface area (Å²) in [6.07, 6.45) is 9.20. The Balaban J connectivity index is 1.90. The van der Waals surface area contributed by atoms with E-state index >= 15 is 0 Å². The van der Waals surface area contributed by atoms with Gasteiger partial charge in [0.2, 0.25) is 5.91 Å². The minimum Gasteiger partial charge on any atom is -0.338 e. The normalized spacial score (nSPS) is 21.9. The number of hydrogen-bond donors (Lipinski definition) is 1. The van der Waals surface area contributed by atoms with Gasteiger partial charge in [0.25, 0.3) is 0 Å². The molecule has 5 heteroatoms. The molecule has 2 heterocycles. The van der Waals surface area contributed by atoms with E-state index in [9.17, 15) is 4.79 Å². The van der Waals surface area contributed by atoms with E-state index in [0.29, 0.717) is 13.0 Å². The highest BCUT2D eigenvalue weighted by Crippen LogP contribution is 2.20. The summed E-state index contributed by atoms with van der Waals surface area (Å²) in [5.41, 5.74) is 5.98. The predicted octanol–water partition coefficient (Wildman–Crippen LogP) is 1.00. The lowest BCUT2D eigenvalue weighted by atomic mass is 9.96. The molecule has 2 N–H and O–H groups in total. The van der Waals surface area contributed by atoms with E-state index in [-0.39, 0.29) is 18.0 Å². The van der Waals surface area contributed by atoms with Gasteiger partial charge in [-0.2, -0.15) is 0 Å². The van der Waals surface area contributed by atoms with Crippen LogP contribution in [0.25, 0.3) is 0 Å². The highest BCUT2D eigenvalue weighted by molar-refractivity contribution is 5.76. The highest BCUT2D eigenvalue weighted by atomic mass is 16.2. The first-order valence-corrected chi connectivity index (χ1v) is 6.69. The second-order valence-electron chi connectivity index (χ2n) is 5.06. The Kier molecular flexibility index (Phi) is 4.36. The van der Waals surface area contributed by atoms with Crippen molar-refractivity contribution in [2.75, 3.05) is 6.54 Å². The maximum Gasteiger partial charge on any atom is 0.224 e. The van der Waals surface area contributed by atoms with Crippen molar-refractivity contribution in [1.29, 1.82) is 0 Å². The van der Waals surface area contributed by atoms with Crippen LogP contribution in [0, 0.1) is 0 Å². The fourth-order valence-electron chi connectivity index (χ4n) is 2.60. The number of carbonyl (C=O) groups excluding carboxylic acids is 1. The fourth-order valence-corrected chi connectivity index (χ4v) is 2.60. The average Bonchev–Trinajstić information content (AvgIpc) is 2.89. The Labute approximate surface area is 108 Å². The van der Waals surface area contributed by atoms with E-state index in [1.165, 1.54) is 6.42 Å². The Morgan fingerprint density at radius 3 is 3.06 bits per heavy atom. The van der Waals surface area contributed by atoms with Gasteiger partial charge in [0.15, 0.2) is 0 Å². The van der Waals surface area contributed by atoms with Gasteiger partial charge in [-0.1, -0.05) is 0 Å². The topological polar surface area (TPSA) is 64.2 Å². The van der Waals surface area contributed by atoms with E-state index in [4.69, 9.17) is 5.73 Å². The maximum atomic E-state index is 12.2. The second-order valence-corrected chi connectivity index (χ2v) is 5.06. The second kappa shape index (κ2) is 6.00. The van der Waals surface area contributed by atoms with Crippen LogP contribution in [0.2, 0.25) is 0 Å². The predicted molar refractivity (Wildman–Crippen MR) is 69.8 cm³/mol. The van der Waals surface area contributed by atoms with Crippen LogP contribution in [0.1, 0.15) is 32.6 Å². The van der Waals surface area contributed by atoms with Crippen LogP contribution in [-0.4, -0.2) is 39.0 Å². The minimum atomic E-state index is 0.0579. The SMILES string of the molecule is CC(N)C1CCCCN1C(=O)CCn1ccnc1. The number of nitrogens with zero attached hydrogens (tertiary/aromatic N) is 3. The molecule has 0 spiro atoms. The molecule has 18 heavy (non-hydrogen) atoms. The number of aryl methyl sites for hydroxylation is 1. The molecule has 1 aliphatic heterocycles. The molecule has 2 rings (SSSR count). The number of piperidine rings is 1. The summed E-state index contributed by atoms with van der Waals surface area (Å²) in [5.74, 6) is 0.214. The molecular weight excluding hydrogens is 228 g/mol. The Bertz CT molecular complexity index is 374. The quantitative estimate of drug-likeness (QED) is 0.867. The van der Waals surface area contributed by atoms with E-state index in [1.54, 1.807) is 12.5 Å². The Morgan fingerprint density at radius 2 is 2.39 bits per heavy atom. The Hall–Kier alpha value is -1.36. The van der Waals surface area contributed by atoms with Gasteiger partial charge >= 0.3 is 0 Å². The smallest absolute Gasteiger partial charge is 0.224 e. The number of nitrogens with two attached hydrogens (primary N) is 1. The van der Waals surface area contributed by atoms with Crippen molar-refractivity contribution in [3.63, 3.8) is 0 Å². The molecule has 1 saturated heterocycles. The number of carbonyl (C=O) groups is 1. The van der Waals surface area contributed by atoms with E-state index < -0.39 is 0 Å². The summed E-state index contributed by atoms with van der Waals surface area (Å²) < 4.78 is 1.93. The van der Waals surface area contributed by atoms with Crippen LogP contribution in [0.5, 0.6) is 0 Å². The zero-order chi connectivity index (χ0) is 13.0. The van der Waals surface area contributed by atoms with Crippen LogP contribution in [-0.2, 0) is 11.3 Å². The lowest BCUT2D eigenvalue weighted by Gasteiger charge is -2.38. The molecule has 1 amide bonds. The molecule has 2 atom stereocenters. The third-order valence-electron chi connectivity index (χ3n) is 3.62. The largest absolute Gasteiger partial charge is 0.338 e. The molecule has 5 nitrogen and oxygen atoms in total. The highest BCUT2D eigenvalue weighted by Gasteiger charge is 2.28. The van der Waals surface area contributed by atoms with Crippen LogP contribution in [0.15, 0.2) is 18.7 Å². The van der Waals surface area contributed by atoms with E-state index in [0.717, 1.165) is 19.4 Å². The van der Waals surface area contributed by atoms with Gasteiger partial charge in [0.05, 0.1) is 6.33 Å². The number of aromatic nitrogens is 2. The van der Waals surface area contributed by atoms with Gasteiger partial charge in [-0.05, 0) is 26.2 Å². The van der Waals surface area contributed by atoms with Crippen molar-refractivity contribution in [2.45, 2.75) is 51.2 Å². The minimum absolute atomic E-state index is 0.0579. The van der Waals surface area contributed by atoms with Gasteiger partial charge in [0.1, 0.15) is 0 Å². The van der Waals surface area contributed by atoms with Crippen LogP contribution in [0.4, 0.5) is 0 Å². The molecule has 1 aliphatic rings. The first kappa shape index (κ1) is 13.1. The molecule has 0 saturated carbocycles. The number of rotatable bonds is 4. The number of imidazole rings is 1. The van der Waals surface area contributed by atoms with E-state index in [2.05, 4.69) is 4.98 Å². The summed E-state index contributed by atoms with van der Waals surface area (Å²) in [5, 5.41) is 0. The molecule has 0 aliphatic carbocycles. The van der Waals surface area contributed by atoms with Crippen molar-refractivity contribution in [2.24, 2.45) is 5.73 Å². The van der Waals surface area contributed by atoms with Gasteiger partial charge in [-0.3, -0.25) is 4.79 Å². The van der Waals surface area contributed by atoms with Gasteiger partial charge in [0, 0.05) is 44.0 Å². The Morgan fingerprint density at radius 1 is 1.56 bits per heavy atom. The third-order valence-corrected chi connectivity index (χ3v) is 3.62. The monoisotopic (exact) mass is 250 g/mol. The maximum absolute atomic E-state index is 12.2. The molecule has 2 unspecified atom stereocenters. The summed E-state index contributed by atoms with van der Waals surface area (Å²) in [7, 11) is 0. The summed E-state index contributed by atoms with van der Waals surface area (Å²) in [4.78, 5) is 18.2. The van der Waals surface area contributed by atoms with Gasteiger partial charge in [-0.25, -0.2) is 4.98 Å². The molecule has 1 fully saturated rings. The first-order chi connectivity index (χ1) is 8.68. The van der Waals surface area contributed by atoms with Crippen molar-refractivity contribution in [3.8, 4) is 0 Å². The standard InChI is InChI=1S/C13H22N4O/c1-11(14)12-4-2-3-7-17(12)13(18)5-8-16-9-6-15-10-16/h6,9-12H,2-5,7-8,14H2,1H3. The van der Waals surface area contributed by atoms with Crippen molar-refractivity contribution >= 4 is 5.91 Å². The molecule has 0 aromatic carbocycles. The van der Waals surface area contributed by atoms with Crippen LogP contribution in [0.3, 0.4) is 0 Å².